The summed E-state index contributed by atoms with van der Waals surface area (Å²) < 4.78 is 0. The molecule has 3 aromatic rings. The van der Waals surface area contributed by atoms with E-state index in [2.05, 4.69) is 52.0 Å². The SMILES string of the molecule is CCCCCCCCCc1ccc(-c2sc3c(c2CCCCCC)C(=O)C2=C3SCC2(CCCCCC)c2ccc(CCCCCCCCC)s2)s1. The van der Waals surface area contributed by atoms with Crippen molar-refractivity contribution >= 4 is 56.5 Å². The molecule has 0 amide bonds. The first-order valence-electron chi connectivity index (χ1n) is 21.8. The Kier molecular flexibility index (Phi) is 18.1. The molecule has 0 radical (unpaired) electrons. The summed E-state index contributed by atoms with van der Waals surface area (Å²) in [6.07, 6.45) is 33.5. The second kappa shape index (κ2) is 22.4. The molecule has 1 unspecified atom stereocenters. The molecular formula is C47H70OS4. The molecular weight excluding hydrogens is 709 g/mol. The number of carbonyl (C=O) groups excluding carboxylic acids is 1. The molecule has 0 fully saturated rings. The second-order valence-corrected chi connectivity index (χ2v) is 20.3. The van der Waals surface area contributed by atoms with Crippen molar-refractivity contribution in [3.8, 4) is 9.75 Å². The first-order chi connectivity index (χ1) is 25.6. The van der Waals surface area contributed by atoms with E-state index in [-0.39, 0.29) is 5.41 Å². The standard InChI is InChI=1S/C47H70OS4/c1-5-9-13-17-19-21-23-27-36-30-32-39(50-36)44-38(29-25-15-11-7-3)41-43(48)42-46(45(41)52-44)49-35-47(42,34-26-16-12-8-4)40-33-31-37(51-40)28-24-22-20-18-14-10-6-2/h30-33H,5-29,34-35H2,1-4H3. The largest absolute Gasteiger partial charge is 0.289 e. The van der Waals surface area contributed by atoms with Crippen LogP contribution in [0.25, 0.3) is 14.7 Å². The second-order valence-electron chi connectivity index (χ2n) is 15.9. The zero-order valence-electron chi connectivity index (χ0n) is 33.4. The maximum atomic E-state index is 15.1. The normalized spacial score (nSPS) is 16.8. The zero-order chi connectivity index (χ0) is 36.6. The van der Waals surface area contributed by atoms with Gasteiger partial charge in [0.2, 0.25) is 0 Å². The number of thiophene rings is 3. The van der Waals surface area contributed by atoms with Crippen molar-refractivity contribution in [1.29, 1.82) is 0 Å². The molecule has 5 rings (SSSR count). The van der Waals surface area contributed by atoms with Gasteiger partial charge in [-0.05, 0) is 74.8 Å². The van der Waals surface area contributed by atoms with E-state index >= 15 is 4.79 Å². The highest BCUT2D eigenvalue weighted by molar-refractivity contribution is 8.09. The molecule has 1 nitrogen and oxygen atoms in total. The summed E-state index contributed by atoms with van der Waals surface area (Å²) in [6, 6.07) is 9.63. The molecule has 1 atom stereocenters. The Labute approximate surface area is 335 Å². The monoisotopic (exact) mass is 778 g/mol. The Morgan fingerprint density at radius 2 is 1.06 bits per heavy atom. The molecule has 0 N–H and O–H groups in total. The predicted molar refractivity (Wildman–Crippen MR) is 237 cm³/mol. The van der Waals surface area contributed by atoms with Crippen LogP contribution in [0.3, 0.4) is 0 Å². The van der Waals surface area contributed by atoms with Gasteiger partial charge in [0.25, 0.3) is 0 Å². The minimum absolute atomic E-state index is 0.126. The fraction of sp³-hybridized carbons (Fsp3) is 0.681. The fourth-order valence-electron chi connectivity index (χ4n) is 8.50. The topological polar surface area (TPSA) is 17.1 Å². The van der Waals surface area contributed by atoms with Crippen LogP contribution in [0.5, 0.6) is 0 Å². The van der Waals surface area contributed by atoms with Gasteiger partial charge < -0.3 is 0 Å². The van der Waals surface area contributed by atoms with E-state index < -0.39 is 0 Å². The lowest BCUT2D eigenvalue weighted by Crippen LogP contribution is -2.31. The van der Waals surface area contributed by atoms with Gasteiger partial charge in [0.15, 0.2) is 5.78 Å². The van der Waals surface area contributed by atoms with Gasteiger partial charge in [0.05, 0.1) is 4.88 Å². The summed E-state index contributed by atoms with van der Waals surface area (Å²) >= 11 is 8.03. The van der Waals surface area contributed by atoms with Crippen molar-refractivity contribution in [2.24, 2.45) is 0 Å². The van der Waals surface area contributed by atoms with Gasteiger partial charge in [-0.2, -0.15) is 0 Å². The molecule has 288 valence electrons. The van der Waals surface area contributed by atoms with Crippen LogP contribution in [0.1, 0.15) is 211 Å². The first kappa shape index (κ1) is 42.0. The summed E-state index contributed by atoms with van der Waals surface area (Å²) in [4.78, 5) is 25.1. The van der Waals surface area contributed by atoms with Crippen molar-refractivity contribution in [2.45, 2.75) is 200 Å². The van der Waals surface area contributed by atoms with Crippen LogP contribution in [0.15, 0.2) is 29.8 Å². The van der Waals surface area contributed by atoms with Crippen molar-refractivity contribution < 1.29 is 4.79 Å². The van der Waals surface area contributed by atoms with E-state index in [1.165, 1.54) is 199 Å². The third-order valence-electron chi connectivity index (χ3n) is 11.6. The lowest BCUT2D eigenvalue weighted by molar-refractivity contribution is 0.102. The molecule has 5 heteroatoms. The highest BCUT2D eigenvalue weighted by Gasteiger charge is 2.52. The van der Waals surface area contributed by atoms with Crippen LogP contribution in [0.4, 0.5) is 0 Å². The van der Waals surface area contributed by atoms with E-state index in [1.807, 2.05) is 45.8 Å². The van der Waals surface area contributed by atoms with Crippen molar-refractivity contribution in [1.82, 2.24) is 0 Å². The summed E-state index contributed by atoms with van der Waals surface area (Å²) in [7, 11) is 0. The Hall–Kier alpha value is -1.14. The van der Waals surface area contributed by atoms with E-state index in [9.17, 15) is 0 Å². The Morgan fingerprint density at radius 3 is 1.69 bits per heavy atom. The number of hydrogen-bond acceptors (Lipinski definition) is 5. The first-order valence-corrected chi connectivity index (χ1v) is 25.3. The molecule has 3 aromatic heterocycles. The third kappa shape index (κ3) is 10.8. The van der Waals surface area contributed by atoms with E-state index in [1.54, 1.807) is 0 Å². The maximum absolute atomic E-state index is 15.1. The molecule has 1 aliphatic carbocycles. The molecule has 1 aliphatic heterocycles. The molecule has 0 saturated carbocycles. The smallest absolute Gasteiger partial charge is 0.192 e. The van der Waals surface area contributed by atoms with Crippen LogP contribution in [-0.2, 0) is 24.7 Å². The molecule has 0 bridgehead atoms. The minimum atomic E-state index is -0.126. The fourth-order valence-corrected chi connectivity index (χ4v) is 14.1. The molecule has 2 aliphatic rings. The zero-order valence-corrected chi connectivity index (χ0v) is 36.7. The van der Waals surface area contributed by atoms with Gasteiger partial charge in [-0.25, -0.2) is 0 Å². The minimum Gasteiger partial charge on any atom is -0.289 e. The van der Waals surface area contributed by atoms with Crippen LogP contribution < -0.4 is 0 Å². The van der Waals surface area contributed by atoms with Crippen LogP contribution in [0.2, 0.25) is 0 Å². The molecule has 52 heavy (non-hydrogen) atoms. The Bertz CT molecular complexity index is 1530. The summed E-state index contributed by atoms with van der Waals surface area (Å²) in [5.74, 6) is 1.42. The number of allylic oxidation sites excluding steroid dienone is 1. The Balaban J connectivity index is 1.37. The Morgan fingerprint density at radius 1 is 0.538 bits per heavy atom. The van der Waals surface area contributed by atoms with Crippen molar-refractivity contribution in [3.05, 3.63) is 60.5 Å². The van der Waals surface area contributed by atoms with E-state index in [0.29, 0.717) is 5.78 Å². The number of ketones is 1. The van der Waals surface area contributed by atoms with Crippen LogP contribution in [-0.4, -0.2) is 11.5 Å². The van der Waals surface area contributed by atoms with Gasteiger partial charge in [0.1, 0.15) is 0 Å². The molecule has 0 spiro atoms. The van der Waals surface area contributed by atoms with Crippen molar-refractivity contribution in [2.75, 3.05) is 5.75 Å². The lowest BCUT2D eigenvalue weighted by atomic mass is 9.74. The summed E-state index contributed by atoms with van der Waals surface area (Å²) in [5.41, 5.74) is 3.55. The van der Waals surface area contributed by atoms with Crippen LogP contribution in [0, 0.1) is 0 Å². The highest BCUT2D eigenvalue weighted by atomic mass is 32.2. The summed E-state index contributed by atoms with van der Waals surface area (Å²) in [5, 5.41) is 0. The maximum Gasteiger partial charge on any atom is 0.192 e. The number of hydrogen-bond donors (Lipinski definition) is 0. The number of aryl methyl sites for hydroxylation is 2. The van der Waals surface area contributed by atoms with Crippen LogP contribution >= 0.6 is 45.8 Å². The van der Waals surface area contributed by atoms with Gasteiger partial charge in [-0.1, -0.05) is 150 Å². The number of rotatable bonds is 28. The number of thioether (sulfide) groups is 1. The quantitative estimate of drug-likeness (QED) is 0.0683. The molecule has 4 heterocycles. The lowest BCUT2D eigenvalue weighted by Gasteiger charge is -2.30. The van der Waals surface area contributed by atoms with E-state index in [4.69, 9.17) is 0 Å². The van der Waals surface area contributed by atoms with Gasteiger partial charge in [0, 0.05) is 51.6 Å². The highest BCUT2D eigenvalue weighted by Crippen LogP contribution is 2.62. The number of carbonyl (C=O) groups is 1. The van der Waals surface area contributed by atoms with Gasteiger partial charge in [-0.15, -0.1) is 45.8 Å². The average Bonchev–Trinajstić information content (AvgIpc) is 3.98. The van der Waals surface area contributed by atoms with Gasteiger partial charge >= 0.3 is 0 Å². The third-order valence-corrected chi connectivity index (χ3v) is 17.0. The number of unbranched alkanes of at least 4 members (excludes halogenated alkanes) is 18. The summed E-state index contributed by atoms with van der Waals surface area (Å²) in [6.45, 7) is 9.20. The molecule has 0 saturated heterocycles. The van der Waals surface area contributed by atoms with Crippen molar-refractivity contribution in [3.63, 3.8) is 0 Å². The van der Waals surface area contributed by atoms with E-state index in [0.717, 1.165) is 24.2 Å². The predicted octanol–water partition coefficient (Wildman–Crippen LogP) is 16.8. The average molecular weight is 779 g/mol. The number of fused-ring (bicyclic) bond motifs is 2. The van der Waals surface area contributed by atoms with Gasteiger partial charge in [-0.3, -0.25) is 4.79 Å². The number of Topliss-reactive ketones (excluding diaryl/α,β-unsaturated/α-hetero) is 1. The molecule has 0 aromatic carbocycles.